The van der Waals surface area contributed by atoms with Crippen LogP contribution >= 0.6 is 0 Å². The molecule has 2 aliphatic rings. The van der Waals surface area contributed by atoms with Crippen LogP contribution in [-0.4, -0.2) is 5.54 Å². The van der Waals surface area contributed by atoms with E-state index in [4.69, 9.17) is 0 Å². The third kappa shape index (κ3) is 3.14. The largest absolute Gasteiger partial charge is 0.334 e. The Morgan fingerprint density at radius 3 is 1.86 bits per heavy atom. The van der Waals surface area contributed by atoms with Gasteiger partial charge in [-0.1, -0.05) is 110 Å². The summed E-state index contributed by atoms with van der Waals surface area (Å²) in [5.41, 5.74) is 9.53. The molecule has 0 saturated heterocycles. The van der Waals surface area contributed by atoms with E-state index in [1.165, 1.54) is 84.4 Å². The predicted molar refractivity (Wildman–Crippen MR) is 179 cm³/mol. The minimum absolute atomic E-state index is 0.0960. The van der Waals surface area contributed by atoms with Crippen LogP contribution in [0.15, 0.2) is 127 Å². The highest BCUT2D eigenvalue weighted by molar-refractivity contribution is 6.27. The smallest absolute Gasteiger partial charge is 0.0518 e. The molecule has 3 atom stereocenters. The SMILES string of the molecule is CC1CCC2c3cc(-c4ccc5ccc6c(-c7ccccc7)ccc7ccc4c5c76)ccc3N(c3ccccc3)C12C. The van der Waals surface area contributed by atoms with Crippen LogP contribution in [0.1, 0.15) is 38.2 Å². The summed E-state index contributed by atoms with van der Waals surface area (Å²) in [4.78, 5) is 2.66. The van der Waals surface area contributed by atoms with Gasteiger partial charge in [-0.25, -0.2) is 0 Å². The molecule has 7 aromatic carbocycles. The number of nitrogens with zero attached hydrogens (tertiary/aromatic N) is 1. The van der Waals surface area contributed by atoms with Gasteiger partial charge >= 0.3 is 0 Å². The molecule has 0 aromatic heterocycles. The summed E-state index contributed by atoms with van der Waals surface area (Å²) in [5.74, 6) is 1.17. The van der Waals surface area contributed by atoms with Crippen LogP contribution in [-0.2, 0) is 0 Å². The summed E-state index contributed by atoms with van der Waals surface area (Å²) in [5, 5.41) is 8.05. The first kappa shape index (κ1) is 24.0. The first-order valence-corrected chi connectivity index (χ1v) is 15.4. The predicted octanol–water partition coefficient (Wildman–Crippen LogP) is 11.3. The number of fused-ring (bicyclic) bond motifs is 3. The molecule has 1 saturated carbocycles. The molecule has 0 amide bonds. The lowest BCUT2D eigenvalue weighted by Crippen LogP contribution is -2.45. The van der Waals surface area contributed by atoms with E-state index in [9.17, 15) is 0 Å². The van der Waals surface area contributed by atoms with Gasteiger partial charge < -0.3 is 4.90 Å². The first-order chi connectivity index (χ1) is 20.6. The van der Waals surface area contributed by atoms with Crippen molar-refractivity contribution in [3.8, 4) is 22.3 Å². The second-order valence-corrected chi connectivity index (χ2v) is 12.7. The lowest BCUT2D eigenvalue weighted by Gasteiger charge is -2.41. The van der Waals surface area contributed by atoms with Crippen molar-refractivity contribution < 1.29 is 0 Å². The molecule has 0 N–H and O–H groups in total. The normalized spacial score (nSPS) is 21.4. The topological polar surface area (TPSA) is 3.24 Å². The summed E-state index contributed by atoms with van der Waals surface area (Å²) in [6.07, 6.45) is 2.52. The van der Waals surface area contributed by atoms with Crippen molar-refractivity contribution in [3.05, 3.63) is 133 Å². The van der Waals surface area contributed by atoms with Crippen LogP contribution in [0.2, 0.25) is 0 Å². The monoisotopic (exact) mass is 539 g/mol. The van der Waals surface area contributed by atoms with Crippen molar-refractivity contribution >= 4 is 43.7 Å². The van der Waals surface area contributed by atoms with Crippen molar-refractivity contribution in [1.82, 2.24) is 0 Å². The Hall–Kier alpha value is -4.62. The molecule has 1 aliphatic carbocycles. The van der Waals surface area contributed by atoms with Crippen molar-refractivity contribution in [2.24, 2.45) is 5.92 Å². The number of anilines is 2. The number of rotatable bonds is 3. The zero-order valence-electron chi connectivity index (χ0n) is 24.1. The van der Waals surface area contributed by atoms with E-state index < -0.39 is 0 Å². The Balaban J connectivity index is 1.26. The fourth-order valence-electron chi connectivity index (χ4n) is 8.57. The average Bonchev–Trinajstić information content (AvgIpc) is 3.48. The molecule has 202 valence electrons. The molecule has 1 nitrogen and oxygen atoms in total. The van der Waals surface area contributed by atoms with Crippen molar-refractivity contribution in [1.29, 1.82) is 0 Å². The van der Waals surface area contributed by atoms with E-state index >= 15 is 0 Å². The van der Waals surface area contributed by atoms with E-state index in [0.717, 1.165) is 0 Å². The summed E-state index contributed by atoms with van der Waals surface area (Å²) >= 11 is 0. The number of benzene rings is 7. The van der Waals surface area contributed by atoms with Gasteiger partial charge in [0.05, 0.1) is 5.54 Å². The molecule has 3 unspecified atom stereocenters. The van der Waals surface area contributed by atoms with Crippen LogP contribution in [0.25, 0.3) is 54.6 Å². The Labute approximate surface area is 247 Å². The molecule has 7 aromatic rings. The summed E-state index contributed by atoms with van der Waals surface area (Å²) in [7, 11) is 0. The minimum atomic E-state index is 0.0960. The molecule has 1 heterocycles. The fraction of sp³-hybridized carbons (Fsp3) is 0.171. The molecule has 0 bridgehead atoms. The highest BCUT2D eigenvalue weighted by atomic mass is 15.2. The van der Waals surface area contributed by atoms with Gasteiger partial charge in [-0.3, -0.25) is 0 Å². The van der Waals surface area contributed by atoms with Crippen molar-refractivity contribution in [2.75, 3.05) is 4.90 Å². The molecule has 0 radical (unpaired) electrons. The third-order valence-corrected chi connectivity index (χ3v) is 10.8. The van der Waals surface area contributed by atoms with Gasteiger partial charge in [0.25, 0.3) is 0 Å². The minimum Gasteiger partial charge on any atom is -0.334 e. The van der Waals surface area contributed by atoms with Crippen LogP contribution in [0.4, 0.5) is 11.4 Å². The Bertz CT molecular complexity index is 2130. The maximum atomic E-state index is 2.66. The number of para-hydroxylation sites is 1. The highest BCUT2D eigenvalue weighted by Gasteiger charge is 2.55. The van der Waals surface area contributed by atoms with Crippen LogP contribution < -0.4 is 4.90 Å². The maximum absolute atomic E-state index is 2.66. The average molecular weight is 540 g/mol. The van der Waals surface area contributed by atoms with E-state index in [2.05, 4.69) is 146 Å². The van der Waals surface area contributed by atoms with Gasteiger partial charge in [-0.05, 0) is 110 Å². The third-order valence-electron chi connectivity index (χ3n) is 10.8. The standard InChI is InChI=1S/C41H33N/c1-26-13-23-37-36-25-30(18-24-38(36)42(41(26,37)2)31-11-7-4-8-12-31)33-20-15-29-16-21-34-32(27-9-5-3-6-10-27)19-14-28-17-22-35(33)40(29)39(28)34/h3-12,14-22,24-26,37H,13,23H2,1-2H3. The fourth-order valence-corrected chi connectivity index (χ4v) is 8.57. The molecular weight excluding hydrogens is 506 g/mol. The second kappa shape index (κ2) is 8.69. The number of hydrogen-bond acceptors (Lipinski definition) is 1. The molecule has 9 rings (SSSR count). The zero-order chi connectivity index (χ0) is 28.0. The van der Waals surface area contributed by atoms with Crippen LogP contribution in [0.3, 0.4) is 0 Å². The van der Waals surface area contributed by atoms with E-state index in [1.807, 2.05) is 0 Å². The lowest BCUT2D eigenvalue weighted by atomic mass is 9.81. The molecule has 42 heavy (non-hydrogen) atoms. The van der Waals surface area contributed by atoms with Gasteiger partial charge in [-0.2, -0.15) is 0 Å². The Morgan fingerprint density at radius 2 is 1.19 bits per heavy atom. The second-order valence-electron chi connectivity index (χ2n) is 12.7. The summed E-state index contributed by atoms with van der Waals surface area (Å²) < 4.78 is 0. The molecule has 1 aliphatic heterocycles. The zero-order valence-corrected chi connectivity index (χ0v) is 24.1. The quantitative estimate of drug-likeness (QED) is 0.202. The van der Waals surface area contributed by atoms with Crippen molar-refractivity contribution in [2.45, 2.75) is 38.1 Å². The van der Waals surface area contributed by atoms with Gasteiger partial charge in [0.1, 0.15) is 0 Å². The van der Waals surface area contributed by atoms with E-state index in [-0.39, 0.29) is 5.54 Å². The Kier molecular flexibility index (Phi) is 4.97. The van der Waals surface area contributed by atoms with Gasteiger partial charge in [0.2, 0.25) is 0 Å². The van der Waals surface area contributed by atoms with Gasteiger partial charge in [0.15, 0.2) is 0 Å². The first-order valence-electron chi connectivity index (χ1n) is 15.4. The van der Waals surface area contributed by atoms with Crippen molar-refractivity contribution in [3.63, 3.8) is 0 Å². The molecule has 0 spiro atoms. The molecule has 1 fully saturated rings. The van der Waals surface area contributed by atoms with E-state index in [0.29, 0.717) is 11.8 Å². The summed E-state index contributed by atoms with van der Waals surface area (Å²) in [6.45, 7) is 4.95. The van der Waals surface area contributed by atoms with E-state index in [1.54, 1.807) is 0 Å². The highest BCUT2D eigenvalue weighted by Crippen LogP contribution is 2.61. The maximum Gasteiger partial charge on any atom is 0.0518 e. The van der Waals surface area contributed by atoms with Crippen LogP contribution in [0, 0.1) is 5.92 Å². The van der Waals surface area contributed by atoms with Crippen LogP contribution in [0.5, 0.6) is 0 Å². The molecular formula is C41H33N. The number of hydrogen-bond donors (Lipinski definition) is 0. The van der Waals surface area contributed by atoms with Gasteiger partial charge in [-0.15, -0.1) is 0 Å². The molecule has 1 heteroatoms. The Morgan fingerprint density at radius 1 is 0.595 bits per heavy atom. The summed E-state index contributed by atoms with van der Waals surface area (Å²) in [6, 6.07) is 47.7. The van der Waals surface area contributed by atoms with Gasteiger partial charge in [0, 0.05) is 17.3 Å². The lowest BCUT2D eigenvalue weighted by molar-refractivity contribution is 0.355.